The van der Waals surface area contributed by atoms with Crippen LogP contribution >= 0.6 is 11.6 Å². The van der Waals surface area contributed by atoms with Crippen LogP contribution in [0.25, 0.3) is 5.69 Å². The second-order valence-corrected chi connectivity index (χ2v) is 6.97. The van der Waals surface area contributed by atoms with Crippen molar-refractivity contribution < 1.29 is 18.7 Å². The average molecular weight is 381 g/mol. The predicted molar refractivity (Wildman–Crippen MR) is 94.5 cm³/mol. The number of esters is 1. The fourth-order valence-corrected chi connectivity index (χ4v) is 2.31. The minimum atomic E-state index is -0.871. The summed E-state index contributed by atoms with van der Waals surface area (Å²) < 4.78 is 19.1. The van der Waals surface area contributed by atoms with Crippen LogP contribution in [0.5, 0.6) is 0 Å². The summed E-state index contributed by atoms with van der Waals surface area (Å²) in [5.74, 6) is -1.91. The number of carbonyl (C=O) groups excluding carboxylic acids is 2. The van der Waals surface area contributed by atoms with Gasteiger partial charge in [0.05, 0.1) is 17.3 Å². The van der Waals surface area contributed by atoms with E-state index in [2.05, 4.69) is 5.10 Å². The first-order chi connectivity index (χ1) is 12.1. The van der Waals surface area contributed by atoms with E-state index in [0.717, 1.165) is 16.8 Å². The van der Waals surface area contributed by atoms with E-state index in [1.165, 1.54) is 12.1 Å². The number of Topliss-reactive ketones (excluding diaryl/α,β-unsaturated/α-hetero) is 1. The van der Waals surface area contributed by atoms with Crippen LogP contribution in [-0.2, 0) is 4.74 Å². The second-order valence-electron chi connectivity index (χ2n) is 6.56. The van der Waals surface area contributed by atoms with Crippen molar-refractivity contribution in [1.82, 2.24) is 9.78 Å². The third-order valence-corrected chi connectivity index (χ3v) is 3.76. The summed E-state index contributed by atoms with van der Waals surface area (Å²) in [5, 5.41) is 3.83. The Morgan fingerprint density at radius 1 is 1.27 bits per heavy atom. The van der Waals surface area contributed by atoms with Crippen LogP contribution in [-0.4, -0.2) is 28.1 Å². The molecule has 0 saturated carbocycles. The van der Waals surface area contributed by atoms with Crippen LogP contribution in [0.4, 0.5) is 4.39 Å². The van der Waals surface area contributed by atoms with Crippen molar-refractivity contribution in [3.63, 3.8) is 0 Å². The van der Waals surface area contributed by atoms with E-state index in [-0.39, 0.29) is 34.4 Å². The minimum absolute atomic E-state index is 0.0610. The van der Waals surface area contributed by atoms with Gasteiger partial charge in [-0.05, 0) is 31.2 Å². The van der Waals surface area contributed by atoms with E-state index < -0.39 is 22.8 Å². The lowest BCUT2D eigenvalue weighted by Crippen LogP contribution is -2.32. The minimum Gasteiger partial charge on any atom is -0.462 e. The molecule has 0 spiro atoms. The monoisotopic (exact) mass is 380 g/mol. The number of benzene rings is 1. The van der Waals surface area contributed by atoms with E-state index in [1.807, 2.05) is 0 Å². The van der Waals surface area contributed by atoms with Crippen molar-refractivity contribution in [3.05, 3.63) is 56.7 Å². The summed E-state index contributed by atoms with van der Waals surface area (Å²) in [7, 11) is 0. The van der Waals surface area contributed by atoms with Crippen molar-refractivity contribution in [2.45, 2.75) is 27.7 Å². The fraction of sp³-hybridized carbons (Fsp3) is 0.333. The van der Waals surface area contributed by atoms with Crippen LogP contribution in [0.1, 0.15) is 48.5 Å². The number of hydrogen-bond acceptors (Lipinski definition) is 5. The molecule has 0 N–H and O–H groups in total. The molecule has 0 unspecified atom stereocenters. The lowest BCUT2D eigenvalue weighted by molar-refractivity contribution is 0.0523. The van der Waals surface area contributed by atoms with Crippen molar-refractivity contribution in [3.8, 4) is 5.69 Å². The lowest BCUT2D eigenvalue weighted by Gasteiger charge is -2.17. The Bertz CT molecular complexity index is 932. The number of halogens is 2. The van der Waals surface area contributed by atoms with Crippen molar-refractivity contribution in [1.29, 1.82) is 0 Å². The second kappa shape index (κ2) is 7.37. The predicted octanol–water partition coefficient (Wildman–Crippen LogP) is 3.43. The summed E-state index contributed by atoms with van der Waals surface area (Å²) in [4.78, 5) is 37.4. The Morgan fingerprint density at radius 2 is 1.92 bits per heavy atom. The first-order valence-corrected chi connectivity index (χ1v) is 8.25. The molecule has 0 fully saturated rings. The van der Waals surface area contributed by atoms with Gasteiger partial charge in [0.1, 0.15) is 17.1 Å². The summed E-state index contributed by atoms with van der Waals surface area (Å²) in [6.45, 7) is 6.71. The number of hydrogen-bond donors (Lipinski definition) is 0. The number of ether oxygens (including phenoxy) is 1. The van der Waals surface area contributed by atoms with Gasteiger partial charge in [-0.15, -0.1) is 0 Å². The van der Waals surface area contributed by atoms with Crippen LogP contribution in [0, 0.1) is 11.2 Å². The molecule has 2 rings (SSSR count). The molecule has 26 heavy (non-hydrogen) atoms. The van der Waals surface area contributed by atoms with E-state index in [0.29, 0.717) is 0 Å². The van der Waals surface area contributed by atoms with E-state index in [4.69, 9.17) is 16.3 Å². The van der Waals surface area contributed by atoms with Gasteiger partial charge >= 0.3 is 5.97 Å². The maximum Gasteiger partial charge on any atom is 0.343 e. The molecule has 6 nitrogen and oxygen atoms in total. The average Bonchev–Trinajstić information content (AvgIpc) is 2.56. The van der Waals surface area contributed by atoms with Crippen LogP contribution in [0.3, 0.4) is 0 Å². The molecule has 2 aromatic rings. The molecule has 0 aliphatic rings. The van der Waals surface area contributed by atoms with Crippen LogP contribution in [0.15, 0.2) is 29.1 Å². The topological polar surface area (TPSA) is 78.3 Å². The highest BCUT2D eigenvalue weighted by Gasteiger charge is 2.28. The highest BCUT2D eigenvalue weighted by molar-refractivity contribution is 6.30. The standard InChI is InChI=1S/C18H18ClFN2O4/c1-5-26-17(25)11-9-14(15(23)18(2,3)4)21-22(16(11)24)10-6-7-13(20)12(19)8-10/h6-9H,5H2,1-4H3. The maximum absolute atomic E-state index is 13.4. The molecule has 0 amide bonds. The van der Waals surface area contributed by atoms with E-state index in [9.17, 15) is 18.8 Å². The molecule has 1 aromatic heterocycles. The molecule has 1 heterocycles. The lowest BCUT2D eigenvalue weighted by atomic mass is 9.88. The number of aromatic nitrogens is 2. The van der Waals surface area contributed by atoms with Gasteiger partial charge in [-0.3, -0.25) is 9.59 Å². The summed E-state index contributed by atoms with van der Waals surface area (Å²) in [6.07, 6.45) is 0. The highest BCUT2D eigenvalue weighted by Crippen LogP contribution is 2.21. The zero-order chi connectivity index (χ0) is 19.6. The number of carbonyl (C=O) groups is 2. The van der Waals surface area contributed by atoms with Crippen molar-refractivity contribution in [2.75, 3.05) is 6.61 Å². The van der Waals surface area contributed by atoms with Gasteiger partial charge < -0.3 is 4.74 Å². The molecule has 0 atom stereocenters. The Labute approximate surface area is 154 Å². The van der Waals surface area contributed by atoms with E-state index in [1.54, 1.807) is 27.7 Å². The van der Waals surface area contributed by atoms with Gasteiger partial charge in [0, 0.05) is 5.41 Å². The number of nitrogens with zero attached hydrogens (tertiary/aromatic N) is 2. The largest absolute Gasteiger partial charge is 0.462 e. The number of rotatable bonds is 4. The first kappa shape index (κ1) is 19.8. The molecule has 0 bridgehead atoms. The van der Waals surface area contributed by atoms with Crippen LogP contribution < -0.4 is 5.56 Å². The molecule has 0 aliphatic carbocycles. The Morgan fingerprint density at radius 3 is 2.46 bits per heavy atom. The van der Waals surface area contributed by atoms with Gasteiger partial charge in [0.15, 0.2) is 5.78 Å². The van der Waals surface area contributed by atoms with Gasteiger partial charge in [0.25, 0.3) is 5.56 Å². The Balaban J connectivity index is 2.75. The third kappa shape index (κ3) is 3.99. The van der Waals surface area contributed by atoms with Gasteiger partial charge in [-0.1, -0.05) is 32.4 Å². The molecule has 1 aromatic carbocycles. The SMILES string of the molecule is CCOC(=O)c1cc(C(=O)C(C)(C)C)nn(-c2ccc(F)c(Cl)c2)c1=O. The summed E-state index contributed by atoms with van der Waals surface area (Å²) >= 11 is 5.77. The van der Waals surface area contributed by atoms with Gasteiger partial charge in [-0.25, -0.2) is 9.18 Å². The Kier molecular flexibility index (Phi) is 5.61. The summed E-state index contributed by atoms with van der Waals surface area (Å²) in [6, 6.07) is 4.64. The normalized spacial score (nSPS) is 11.3. The summed E-state index contributed by atoms with van der Waals surface area (Å²) in [5.41, 5.74) is -1.88. The number of ketones is 1. The smallest absolute Gasteiger partial charge is 0.343 e. The van der Waals surface area contributed by atoms with E-state index >= 15 is 0 Å². The molecule has 138 valence electrons. The zero-order valence-corrected chi connectivity index (χ0v) is 15.6. The molecule has 8 heteroatoms. The quantitative estimate of drug-likeness (QED) is 0.599. The Hall–Kier alpha value is -2.54. The molecule has 0 saturated heterocycles. The van der Waals surface area contributed by atoms with Gasteiger partial charge in [-0.2, -0.15) is 9.78 Å². The van der Waals surface area contributed by atoms with Crippen molar-refractivity contribution >= 4 is 23.4 Å². The molecular weight excluding hydrogens is 363 g/mol. The highest BCUT2D eigenvalue weighted by atomic mass is 35.5. The third-order valence-electron chi connectivity index (χ3n) is 3.47. The molecule has 0 aliphatic heterocycles. The van der Waals surface area contributed by atoms with Crippen molar-refractivity contribution in [2.24, 2.45) is 5.41 Å². The fourth-order valence-electron chi connectivity index (χ4n) is 2.14. The van der Waals surface area contributed by atoms with Crippen LogP contribution in [0.2, 0.25) is 5.02 Å². The molecular formula is C18H18ClFN2O4. The molecule has 0 radical (unpaired) electrons. The first-order valence-electron chi connectivity index (χ1n) is 7.88. The van der Waals surface area contributed by atoms with Gasteiger partial charge in [0.2, 0.25) is 0 Å². The zero-order valence-electron chi connectivity index (χ0n) is 14.8. The maximum atomic E-state index is 13.4.